The van der Waals surface area contributed by atoms with E-state index in [2.05, 4.69) is 4.52 Å². The monoisotopic (exact) mass is 542 g/mol. The number of rotatable bonds is 9. The van der Waals surface area contributed by atoms with Crippen LogP contribution in [0.25, 0.3) is 0 Å². The zero-order valence-corrected chi connectivity index (χ0v) is 19.5. The predicted octanol–water partition coefficient (Wildman–Crippen LogP) is -0.513. The zero-order valence-electron chi connectivity index (χ0n) is 17.8. The van der Waals surface area contributed by atoms with E-state index >= 15 is 0 Å². The third-order valence-corrected chi connectivity index (χ3v) is 8.59. The second kappa shape index (κ2) is 10.5. The molecule has 0 aliphatic carbocycles. The second-order valence-electron chi connectivity index (χ2n) is 7.77. The van der Waals surface area contributed by atoms with Crippen molar-refractivity contribution in [1.82, 2.24) is 9.13 Å². The van der Waals surface area contributed by atoms with Gasteiger partial charge in [0.25, 0.3) is 5.56 Å². The minimum Gasteiger partial charge on any atom is -0.387 e. The Bertz CT molecular complexity index is 1290. The Morgan fingerprint density at radius 3 is 2.37 bits per heavy atom. The summed E-state index contributed by atoms with van der Waals surface area (Å²) in [5.74, 6) is -3.14. The summed E-state index contributed by atoms with van der Waals surface area (Å²) in [6, 6.07) is 3.78. The Balaban J connectivity index is 1.77. The molecule has 0 bridgehead atoms. The van der Waals surface area contributed by atoms with Gasteiger partial charge in [-0.15, -0.1) is 0 Å². The van der Waals surface area contributed by atoms with Gasteiger partial charge in [0, 0.05) is 24.9 Å². The van der Waals surface area contributed by atoms with Crippen LogP contribution in [0.4, 0.5) is 8.78 Å². The molecule has 2 aromatic rings. The third kappa shape index (κ3) is 6.79. The van der Waals surface area contributed by atoms with Gasteiger partial charge in [0.05, 0.1) is 6.61 Å². The van der Waals surface area contributed by atoms with Crippen LogP contribution in [0.15, 0.2) is 40.1 Å². The van der Waals surface area contributed by atoms with E-state index in [4.69, 9.17) is 14.5 Å². The topological polar surface area (TPSA) is 198 Å². The van der Waals surface area contributed by atoms with Crippen molar-refractivity contribution >= 4 is 15.2 Å². The summed E-state index contributed by atoms with van der Waals surface area (Å²) in [4.78, 5) is 52.3. The lowest BCUT2D eigenvalue weighted by Crippen LogP contribution is -2.43. The van der Waals surface area contributed by atoms with Gasteiger partial charge in [-0.05, 0) is 18.1 Å². The lowest BCUT2D eigenvalue weighted by molar-refractivity contribution is -0.0530. The molecule has 0 amide bonds. The van der Waals surface area contributed by atoms with Gasteiger partial charge in [-0.2, -0.15) is 0 Å². The minimum atomic E-state index is -4.90. The van der Waals surface area contributed by atoms with Crippen LogP contribution in [0.1, 0.15) is 11.8 Å². The Kier molecular flexibility index (Phi) is 8.26. The molecule has 0 saturated carbocycles. The van der Waals surface area contributed by atoms with E-state index in [1.165, 1.54) is 0 Å². The van der Waals surface area contributed by atoms with Crippen molar-refractivity contribution in [2.75, 3.05) is 12.5 Å². The Hall–Kier alpha value is -2.06. The third-order valence-electron chi connectivity index (χ3n) is 5.13. The van der Waals surface area contributed by atoms with Gasteiger partial charge in [-0.3, -0.25) is 23.1 Å². The Morgan fingerprint density at radius 2 is 1.74 bits per heavy atom. The van der Waals surface area contributed by atoms with Crippen molar-refractivity contribution in [2.24, 2.45) is 0 Å². The van der Waals surface area contributed by atoms with Crippen LogP contribution in [0.5, 0.6) is 0 Å². The van der Waals surface area contributed by atoms with Crippen molar-refractivity contribution in [1.29, 1.82) is 0 Å². The summed E-state index contributed by atoms with van der Waals surface area (Å²) >= 11 is 0. The summed E-state index contributed by atoms with van der Waals surface area (Å²) in [7, 11) is -9.68. The fourth-order valence-electron chi connectivity index (χ4n) is 3.45. The van der Waals surface area contributed by atoms with Gasteiger partial charge in [-0.1, -0.05) is 6.07 Å². The first-order valence-electron chi connectivity index (χ1n) is 9.97. The number of aromatic nitrogens is 2. The maximum Gasteiger partial charge on any atom is 0.340 e. The normalized spacial score (nSPS) is 24.4. The predicted molar refractivity (Wildman–Crippen MR) is 114 cm³/mol. The molecule has 1 fully saturated rings. The second-order valence-corrected chi connectivity index (χ2v) is 11.8. The van der Waals surface area contributed by atoms with Crippen LogP contribution in [0, 0.1) is 11.6 Å². The van der Waals surface area contributed by atoms with Crippen LogP contribution in [-0.2, 0) is 31.4 Å². The van der Waals surface area contributed by atoms with Gasteiger partial charge in [0.2, 0.25) is 0 Å². The lowest BCUT2D eigenvalue weighted by Gasteiger charge is -2.19. The van der Waals surface area contributed by atoms with Crippen LogP contribution in [-0.4, -0.2) is 64.8 Å². The average molecular weight is 542 g/mol. The average Bonchev–Trinajstić information content (AvgIpc) is 3.00. The molecule has 5 atom stereocenters. The summed E-state index contributed by atoms with van der Waals surface area (Å²) < 4.78 is 61.1. The van der Waals surface area contributed by atoms with Crippen LogP contribution in [0.2, 0.25) is 0 Å². The molecule has 1 saturated heterocycles. The van der Waals surface area contributed by atoms with E-state index in [0.717, 1.165) is 29.0 Å². The van der Waals surface area contributed by atoms with Crippen molar-refractivity contribution in [3.8, 4) is 0 Å². The highest BCUT2D eigenvalue weighted by atomic mass is 31.2. The van der Waals surface area contributed by atoms with Crippen LogP contribution >= 0.6 is 15.2 Å². The summed E-state index contributed by atoms with van der Waals surface area (Å²) in [6.45, 7) is -1.17. The van der Waals surface area contributed by atoms with E-state index in [9.17, 15) is 42.6 Å². The molecule has 35 heavy (non-hydrogen) atoms. The molecule has 1 aromatic heterocycles. The molecule has 13 nitrogen and oxygen atoms in total. The van der Waals surface area contributed by atoms with Crippen LogP contribution in [0.3, 0.4) is 0 Å². The highest BCUT2D eigenvalue weighted by molar-refractivity contribution is 7.70. The molecular weight excluding hydrogens is 520 g/mol. The molecule has 194 valence electrons. The number of aliphatic hydroxyl groups excluding tert-OH is 2. The molecule has 3 rings (SSSR count). The first-order chi connectivity index (χ1) is 16.2. The van der Waals surface area contributed by atoms with E-state index in [0.29, 0.717) is 10.6 Å². The van der Waals surface area contributed by atoms with E-state index in [1.807, 2.05) is 0 Å². The molecular formula is C18H22F2N2O11P2. The zero-order chi connectivity index (χ0) is 26.1. The standard InChI is InChI=1S/C18H22F2N2O11P2/c19-11-2-1-10(12(20)7-11)3-5-21-14(23)4-6-22(18(21)26)17-16(25)15(24)13(33-17)8-32-35(30,31)9-34(27,28)29/h1-2,4,6-7,13,15-17,24-25H,3,5,8-9H2,(H,30,31)(H2,27,28,29)/t13-,15?,16+,17-/m1/s1. The number of hydrogen-bond acceptors (Lipinski definition) is 8. The number of hydrogen-bond donors (Lipinski definition) is 5. The first kappa shape index (κ1) is 27.5. The molecule has 0 spiro atoms. The van der Waals surface area contributed by atoms with Crippen molar-refractivity contribution in [3.05, 3.63) is 68.5 Å². The van der Waals surface area contributed by atoms with E-state index in [-0.39, 0.29) is 18.5 Å². The molecule has 0 radical (unpaired) electrons. The number of benzene rings is 1. The maximum absolute atomic E-state index is 13.9. The van der Waals surface area contributed by atoms with E-state index < -0.39 is 75.1 Å². The highest BCUT2D eigenvalue weighted by Crippen LogP contribution is 2.55. The van der Waals surface area contributed by atoms with Gasteiger partial charge >= 0.3 is 20.9 Å². The molecule has 2 heterocycles. The van der Waals surface area contributed by atoms with Crippen molar-refractivity contribution in [3.63, 3.8) is 0 Å². The minimum absolute atomic E-state index is 0.0432. The Labute approximate surface area is 195 Å². The molecule has 1 aliphatic rings. The molecule has 17 heteroatoms. The fraction of sp³-hybridized carbons (Fsp3) is 0.444. The smallest absolute Gasteiger partial charge is 0.340 e. The maximum atomic E-state index is 13.9. The number of aliphatic hydroxyl groups is 2. The molecule has 2 unspecified atom stereocenters. The summed E-state index contributed by atoms with van der Waals surface area (Å²) in [5.41, 5.74) is -1.71. The highest BCUT2D eigenvalue weighted by Gasteiger charge is 2.45. The molecule has 1 aliphatic heterocycles. The van der Waals surface area contributed by atoms with Crippen molar-refractivity contribution < 1.29 is 52.1 Å². The quantitative estimate of drug-likeness (QED) is 0.256. The number of halogens is 2. The molecule has 1 aromatic carbocycles. The summed E-state index contributed by atoms with van der Waals surface area (Å²) in [5, 5.41) is 20.5. The van der Waals surface area contributed by atoms with E-state index in [1.54, 1.807) is 0 Å². The van der Waals surface area contributed by atoms with Crippen LogP contribution < -0.4 is 11.2 Å². The number of ether oxygens (including phenoxy) is 1. The Morgan fingerprint density at radius 1 is 1.06 bits per heavy atom. The first-order valence-corrected chi connectivity index (χ1v) is 13.5. The lowest BCUT2D eigenvalue weighted by atomic mass is 10.1. The fourth-order valence-corrected chi connectivity index (χ4v) is 6.02. The largest absolute Gasteiger partial charge is 0.387 e. The van der Waals surface area contributed by atoms with Gasteiger partial charge in [-0.25, -0.2) is 13.6 Å². The number of nitrogens with zero attached hydrogens (tertiary/aromatic N) is 2. The summed E-state index contributed by atoms with van der Waals surface area (Å²) in [6.07, 6.45) is -5.72. The van der Waals surface area contributed by atoms with Gasteiger partial charge in [0.1, 0.15) is 29.9 Å². The van der Waals surface area contributed by atoms with Gasteiger partial charge < -0.3 is 34.2 Å². The van der Waals surface area contributed by atoms with Crippen molar-refractivity contribution in [2.45, 2.75) is 37.5 Å². The molecule has 5 N–H and O–H groups in total. The SMILES string of the molecule is O=c1ccn([C@@H]2O[C@H](COP(=O)(O)CP(=O)(O)O)C(O)[C@@H]2O)c(=O)n1CCc1ccc(F)cc1F. The van der Waals surface area contributed by atoms with Gasteiger partial charge in [0.15, 0.2) is 12.1 Å². The number of aryl methyl sites for hydroxylation is 1.